The molecular formula is C13H17NO5S. The van der Waals surface area contributed by atoms with E-state index < -0.39 is 21.0 Å². The topological polar surface area (TPSA) is 91.8 Å². The van der Waals surface area contributed by atoms with Crippen molar-refractivity contribution in [3.05, 3.63) is 29.3 Å². The van der Waals surface area contributed by atoms with E-state index in [1.807, 2.05) is 0 Å². The maximum atomic E-state index is 12.2. The Bertz CT molecular complexity index is 632. The number of carboxylic acid groups (broad SMARTS) is 1. The van der Waals surface area contributed by atoms with E-state index in [-0.39, 0.29) is 10.5 Å². The van der Waals surface area contributed by atoms with E-state index in [1.54, 1.807) is 13.8 Å². The second-order valence-electron chi connectivity index (χ2n) is 4.22. The van der Waals surface area contributed by atoms with Crippen molar-refractivity contribution >= 4 is 21.0 Å². The molecule has 1 aromatic carbocycles. The number of nitrogens with zero attached hydrogens (tertiary/aromatic N) is 1. The number of carbonyl (C=O) groups excluding carboxylic acids is 1. The van der Waals surface area contributed by atoms with Crippen LogP contribution in [0.2, 0.25) is 0 Å². The summed E-state index contributed by atoms with van der Waals surface area (Å²) >= 11 is 0. The minimum absolute atomic E-state index is 0.0132. The predicted octanol–water partition coefficient (Wildman–Crippen LogP) is 1.93. The number of sulfone groups is 1. The fraction of sp³-hybridized carbons (Fsp3) is 0.385. The van der Waals surface area contributed by atoms with Gasteiger partial charge in [0, 0.05) is 13.1 Å². The summed E-state index contributed by atoms with van der Waals surface area (Å²) < 4.78 is 24.4. The Balaban J connectivity index is 3.27. The van der Waals surface area contributed by atoms with Crippen LogP contribution in [-0.4, -0.2) is 42.7 Å². The number of aryl methyl sites for hydroxylation is 1. The van der Waals surface area contributed by atoms with E-state index in [2.05, 4.69) is 0 Å². The average Bonchev–Trinajstić information content (AvgIpc) is 2.39. The third-order valence-corrected chi connectivity index (χ3v) is 4.58. The number of carbonyl (C=O) groups is 2. The molecule has 0 heterocycles. The summed E-state index contributed by atoms with van der Waals surface area (Å²) in [6.07, 6.45) is 0. The highest BCUT2D eigenvalue weighted by atomic mass is 32.2. The van der Waals surface area contributed by atoms with Gasteiger partial charge in [0.2, 0.25) is 0 Å². The molecule has 0 aliphatic heterocycles. The number of rotatable bonds is 4. The van der Waals surface area contributed by atoms with E-state index in [0.29, 0.717) is 18.7 Å². The summed E-state index contributed by atoms with van der Waals surface area (Å²) in [5, 5.41) is 7.94. The Morgan fingerprint density at radius 2 is 1.75 bits per heavy atom. The number of benzene rings is 1. The molecule has 110 valence electrons. The lowest BCUT2D eigenvalue weighted by Gasteiger charge is -2.18. The fourth-order valence-electron chi connectivity index (χ4n) is 1.80. The number of hydrogen-bond donors (Lipinski definition) is 1. The highest BCUT2D eigenvalue weighted by Crippen LogP contribution is 2.19. The molecule has 0 saturated carbocycles. The molecule has 0 radical (unpaired) electrons. The van der Waals surface area contributed by atoms with Gasteiger partial charge in [-0.05, 0) is 44.5 Å². The molecule has 0 unspecified atom stereocenters. The lowest BCUT2D eigenvalue weighted by Crippen LogP contribution is -2.35. The van der Waals surface area contributed by atoms with Crippen LogP contribution in [0.4, 0.5) is 4.79 Å². The molecule has 1 N–H and O–H groups in total. The monoisotopic (exact) mass is 299 g/mol. The van der Waals surface area contributed by atoms with Gasteiger partial charge in [-0.25, -0.2) is 13.2 Å². The molecule has 6 nitrogen and oxygen atoms in total. The maximum absolute atomic E-state index is 12.2. The molecule has 0 spiro atoms. The zero-order chi connectivity index (χ0) is 15.5. The second-order valence-corrected chi connectivity index (χ2v) is 6.05. The van der Waals surface area contributed by atoms with Crippen LogP contribution in [0.1, 0.15) is 29.8 Å². The number of hydrogen-bond acceptors (Lipinski definition) is 4. The molecule has 0 atom stereocenters. The van der Waals surface area contributed by atoms with Gasteiger partial charge in [-0.2, -0.15) is 0 Å². The van der Waals surface area contributed by atoms with Crippen molar-refractivity contribution in [1.29, 1.82) is 0 Å². The summed E-state index contributed by atoms with van der Waals surface area (Å²) in [7, 11) is -4.13. The first kappa shape index (κ1) is 16.2. The van der Waals surface area contributed by atoms with E-state index in [0.717, 1.165) is 6.07 Å². The number of carboxylic acids is 1. The van der Waals surface area contributed by atoms with Gasteiger partial charge in [0.1, 0.15) is 0 Å². The van der Waals surface area contributed by atoms with Crippen LogP contribution in [0.3, 0.4) is 0 Å². The van der Waals surface area contributed by atoms with Crippen LogP contribution in [0.25, 0.3) is 0 Å². The lowest BCUT2D eigenvalue weighted by atomic mass is 10.1. The second kappa shape index (κ2) is 6.04. The fourth-order valence-corrected chi connectivity index (χ4v) is 3.17. The molecule has 7 heteroatoms. The van der Waals surface area contributed by atoms with Gasteiger partial charge in [-0.15, -0.1) is 0 Å². The van der Waals surface area contributed by atoms with Gasteiger partial charge < -0.3 is 10.0 Å². The van der Waals surface area contributed by atoms with Gasteiger partial charge in [0.15, 0.2) is 0 Å². The Morgan fingerprint density at radius 1 is 1.20 bits per heavy atom. The van der Waals surface area contributed by atoms with E-state index >= 15 is 0 Å². The zero-order valence-corrected chi connectivity index (χ0v) is 12.4. The van der Waals surface area contributed by atoms with Crippen molar-refractivity contribution in [2.24, 2.45) is 0 Å². The SMILES string of the molecule is CCN(CC)C(=O)S(=O)(=O)c1ccc(C(=O)O)c(C)c1. The first-order valence-corrected chi connectivity index (χ1v) is 7.61. The van der Waals surface area contributed by atoms with Crippen molar-refractivity contribution in [2.75, 3.05) is 13.1 Å². The van der Waals surface area contributed by atoms with E-state index in [1.165, 1.54) is 24.0 Å². The molecule has 1 amide bonds. The summed E-state index contributed by atoms with van der Waals surface area (Å²) in [6, 6.07) is 3.55. The van der Waals surface area contributed by atoms with Crippen molar-refractivity contribution in [3.63, 3.8) is 0 Å². The first-order valence-electron chi connectivity index (χ1n) is 6.13. The highest BCUT2D eigenvalue weighted by Gasteiger charge is 2.29. The van der Waals surface area contributed by atoms with Crippen molar-refractivity contribution in [1.82, 2.24) is 4.90 Å². The number of aromatic carboxylic acids is 1. The quantitative estimate of drug-likeness (QED) is 0.917. The summed E-state index contributed by atoms with van der Waals surface area (Å²) in [5.41, 5.74) is 0.310. The molecule has 0 bridgehead atoms. The minimum atomic E-state index is -4.13. The maximum Gasteiger partial charge on any atom is 0.343 e. The Morgan fingerprint density at radius 3 is 2.15 bits per heavy atom. The van der Waals surface area contributed by atoms with Gasteiger partial charge in [-0.1, -0.05) is 0 Å². The van der Waals surface area contributed by atoms with E-state index in [9.17, 15) is 18.0 Å². The minimum Gasteiger partial charge on any atom is -0.478 e. The molecule has 0 fully saturated rings. The summed E-state index contributed by atoms with van der Waals surface area (Å²) in [6.45, 7) is 5.46. The van der Waals surface area contributed by atoms with Crippen LogP contribution in [-0.2, 0) is 9.84 Å². The zero-order valence-electron chi connectivity index (χ0n) is 11.6. The Labute approximate surface area is 117 Å². The average molecular weight is 299 g/mol. The van der Waals surface area contributed by atoms with Crippen LogP contribution >= 0.6 is 0 Å². The molecule has 1 rings (SSSR count). The normalized spacial score (nSPS) is 11.2. The standard InChI is InChI=1S/C13H17NO5S/c1-4-14(5-2)13(17)20(18,19)10-6-7-11(12(15)16)9(3)8-10/h6-8H,4-5H2,1-3H3,(H,15,16). The molecule has 0 saturated heterocycles. The van der Waals surface area contributed by atoms with Crippen molar-refractivity contribution in [2.45, 2.75) is 25.7 Å². The third-order valence-electron chi connectivity index (χ3n) is 2.99. The third kappa shape index (κ3) is 2.98. The molecule has 0 aliphatic rings. The highest BCUT2D eigenvalue weighted by molar-refractivity contribution is 8.06. The van der Waals surface area contributed by atoms with Gasteiger partial charge in [-0.3, -0.25) is 4.79 Å². The van der Waals surface area contributed by atoms with E-state index in [4.69, 9.17) is 5.11 Å². The van der Waals surface area contributed by atoms with Crippen molar-refractivity contribution < 1.29 is 23.1 Å². The largest absolute Gasteiger partial charge is 0.478 e. The smallest absolute Gasteiger partial charge is 0.343 e. The van der Waals surface area contributed by atoms with Gasteiger partial charge in [0.25, 0.3) is 9.84 Å². The number of amides is 1. The summed E-state index contributed by atoms with van der Waals surface area (Å²) in [4.78, 5) is 23.9. The van der Waals surface area contributed by atoms with Gasteiger partial charge in [0.05, 0.1) is 10.5 Å². The van der Waals surface area contributed by atoms with Crippen LogP contribution in [0.15, 0.2) is 23.1 Å². The Kier molecular flexibility index (Phi) is 4.88. The molecule has 0 aliphatic carbocycles. The predicted molar refractivity (Wildman–Crippen MR) is 73.6 cm³/mol. The van der Waals surface area contributed by atoms with Gasteiger partial charge >= 0.3 is 11.2 Å². The molecule has 1 aromatic rings. The molecule has 20 heavy (non-hydrogen) atoms. The Hall–Kier alpha value is -1.89. The molecular weight excluding hydrogens is 282 g/mol. The van der Waals surface area contributed by atoms with Crippen LogP contribution in [0, 0.1) is 6.92 Å². The van der Waals surface area contributed by atoms with Crippen molar-refractivity contribution in [3.8, 4) is 0 Å². The van der Waals surface area contributed by atoms with Crippen LogP contribution < -0.4 is 0 Å². The van der Waals surface area contributed by atoms with Crippen LogP contribution in [0.5, 0.6) is 0 Å². The molecule has 0 aromatic heterocycles. The summed E-state index contributed by atoms with van der Waals surface area (Å²) in [5.74, 6) is -1.14. The first-order chi connectivity index (χ1) is 9.25. The lowest BCUT2D eigenvalue weighted by molar-refractivity contribution is 0.0696.